The molecule has 7 nitrogen and oxygen atoms in total. The molecule has 0 saturated heterocycles. The van der Waals surface area contributed by atoms with Gasteiger partial charge in [0.15, 0.2) is 13.2 Å². The molecule has 1 N–H and O–H groups in total. The molecule has 1 aromatic heterocycles. The fourth-order valence-corrected chi connectivity index (χ4v) is 4.59. The molecule has 30 heavy (non-hydrogen) atoms. The van der Waals surface area contributed by atoms with Crippen LogP contribution < -0.4 is 10.1 Å². The molecule has 0 atom stereocenters. The minimum absolute atomic E-state index is 0.338. The molecule has 9 heteroatoms. The number of fused-ring (bicyclic) bond motifs is 1. The number of ether oxygens (including phenoxy) is 3. The third-order valence-corrected chi connectivity index (χ3v) is 6.06. The highest BCUT2D eigenvalue weighted by Gasteiger charge is 2.26. The fourth-order valence-electron chi connectivity index (χ4n) is 3.17. The van der Waals surface area contributed by atoms with Crippen molar-refractivity contribution in [3.63, 3.8) is 0 Å². The number of amides is 1. The summed E-state index contributed by atoms with van der Waals surface area (Å²) in [5.74, 6) is -1.23. The number of thiophene rings is 1. The van der Waals surface area contributed by atoms with E-state index in [1.165, 1.54) is 18.4 Å². The van der Waals surface area contributed by atoms with Crippen LogP contribution in [-0.2, 0) is 31.9 Å². The Kier molecular flexibility index (Phi) is 7.70. The molecule has 0 saturated carbocycles. The first-order valence-corrected chi connectivity index (χ1v) is 10.7. The van der Waals surface area contributed by atoms with Gasteiger partial charge in [-0.2, -0.15) is 0 Å². The van der Waals surface area contributed by atoms with Crippen molar-refractivity contribution >= 4 is 45.8 Å². The highest BCUT2D eigenvalue weighted by atomic mass is 35.5. The van der Waals surface area contributed by atoms with Crippen LogP contribution in [0, 0.1) is 0 Å². The first-order chi connectivity index (χ1) is 14.5. The summed E-state index contributed by atoms with van der Waals surface area (Å²) >= 11 is 7.17. The molecule has 1 aliphatic rings. The van der Waals surface area contributed by atoms with Crippen LogP contribution in [0.25, 0.3) is 0 Å². The number of rotatable bonds is 7. The molecule has 0 radical (unpaired) electrons. The van der Waals surface area contributed by atoms with E-state index in [2.05, 4.69) is 5.32 Å². The number of nitrogens with one attached hydrogen (secondary N) is 1. The molecule has 0 fully saturated rings. The van der Waals surface area contributed by atoms with Crippen molar-refractivity contribution in [2.24, 2.45) is 0 Å². The Morgan fingerprint density at radius 3 is 2.53 bits per heavy atom. The van der Waals surface area contributed by atoms with Crippen LogP contribution in [0.1, 0.15) is 40.1 Å². The second-order valence-corrected chi connectivity index (χ2v) is 8.25. The maximum absolute atomic E-state index is 12.3. The maximum atomic E-state index is 12.3. The monoisotopic (exact) mass is 451 g/mol. The first-order valence-electron chi connectivity index (χ1n) is 9.54. The van der Waals surface area contributed by atoms with Gasteiger partial charge in [0.1, 0.15) is 10.8 Å². The van der Waals surface area contributed by atoms with Gasteiger partial charge in [0, 0.05) is 9.90 Å². The number of methoxy groups -OCH3 is 1. The smallest absolute Gasteiger partial charge is 0.344 e. The van der Waals surface area contributed by atoms with Crippen molar-refractivity contribution in [2.75, 3.05) is 25.6 Å². The topological polar surface area (TPSA) is 90.9 Å². The summed E-state index contributed by atoms with van der Waals surface area (Å²) in [6, 6.07) is 6.52. The van der Waals surface area contributed by atoms with Crippen molar-refractivity contribution in [2.45, 2.75) is 32.1 Å². The normalized spacial score (nSPS) is 13.0. The zero-order valence-electron chi connectivity index (χ0n) is 16.5. The number of hydrogen-bond donors (Lipinski definition) is 1. The Morgan fingerprint density at radius 1 is 1.07 bits per heavy atom. The molecule has 160 valence electrons. The lowest BCUT2D eigenvalue weighted by Gasteiger charge is -2.09. The largest absolute Gasteiger partial charge is 0.482 e. The van der Waals surface area contributed by atoms with E-state index < -0.39 is 24.5 Å². The summed E-state index contributed by atoms with van der Waals surface area (Å²) in [4.78, 5) is 37.5. The lowest BCUT2D eigenvalue weighted by molar-refractivity contribution is -0.149. The van der Waals surface area contributed by atoms with Gasteiger partial charge < -0.3 is 19.5 Å². The van der Waals surface area contributed by atoms with Gasteiger partial charge in [0.2, 0.25) is 0 Å². The predicted octanol–water partition coefficient (Wildman–Crippen LogP) is 4.02. The Bertz CT molecular complexity index is 924. The Labute approximate surface area is 183 Å². The summed E-state index contributed by atoms with van der Waals surface area (Å²) in [6.45, 7) is -0.818. The second kappa shape index (κ2) is 10.4. The van der Waals surface area contributed by atoms with Crippen molar-refractivity contribution in [3.8, 4) is 5.75 Å². The lowest BCUT2D eigenvalue weighted by Crippen LogP contribution is -2.24. The van der Waals surface area contributed by atoms with Gasteiger partial charge in [-0.3, -0.25) is 4.79 Å². The average Bonchev–Trinajstić information content (AvgIpc) is 2.91. The van der Waals surface area contributed by atoms with Gasteiger partial charge >= 0.3 is 11.9 Å². The number of esters is 2. The van der Waals surface area contributed by atoms with E-state index in [4.69, 9.17) is 25.8 Å². The van der Waals surface area contributed by atoms with Crippen LogP contribution in [0.4, 0.5) is 5.00 Å². The van der Waals surface area contributed by atoms with Gasteiger partial charge in [0.05, 0.1) is 12.7 Å². The quantitative estimate of drug-likeness (QED) is 0.505. The second-order valence-electron chi connectivity index (χ2n) is 6.71. The molecular formula is C21H22ClNO6S. The molecule has 0 aliphatic heterocycles. The lowest BCUT2D eigenvalue weighted by atomic mass is 10.1. The summed E-state index contributed by atoms with van der Waals surface area (Å²) in [6.07, 6.45) is 4.80. The zero-order valence-corrected chi connectivity index (χ0v) is 18.1. The standard InChI is InChI=1S/C21H22ClNO6S/c1-27-21(26)19-15-5-3-2-4-6-16(15)30-20(19)23-17(24)11-29-18(25)12-28-14-9-7-13(22)8-10-14/h7-10H,2-6,11-12H2,1H3,(H,23,24). The first kappa shape index (κ1) is 22.1. The van der Waals surface area contributed by atoms with Crippen molar-refractivity contribution in [1.82, 2.24) is 0 Å². The molecule has 1 amide bonds. The SMILES string of the molecule is COC(=O)c1c(NC(=O)COC(=O)COc2ccc(Cl)cc2)sc2c1CCCCC2. The maximum Gasteiger partial charge on any atom is 0.344 e. The Morgan fingerprint density at radius 2 is 1.80 bits per heavy atom. The van der Waals surface area contributed by atoms with Gasteiger partial charge in [-0.15, -0.1) is 11.3 Å². The van der Waals surface area contributed by atoms with E-state index in [1.54, 1.807) is 24.3 Å². The van der Waals surface area contributed by atoms with Crippen molar-refractivity contribution < 1.29 is 28.6 Å². The molecular weight excluding hydrogens is 430 g/mol. The number of anilines is 1. The number of aryl methyl sites for hydroxylation is 1. The van der Waals surface area contributed by atoms with Gasteiger partial charge in [-0.25, -0.2) is 9.59 Å². The van der Waals surface area contributed by atoms with E-state index in [-0.39, 0.29) is 6.61 Å². The average molecular weight is 452 g/mol. The van der Waals surface area contributed by atoms with Crippen LogP contribution in [-0.4, -0.2) is 38.2 Å². The molecule has 2 aromatic rings. The van der Waals surface area contributed by atoms with Gasteiger partial charge in [0.25, 0.3) is 5.91 Å². The Hall–Kier alpha value is -2.58. The van der Waals surface area contributed by atoms with Crippen LogP contribution in [0.2, 0.25) is 5.02 Å². The van der Waals surface area contributed by atoms with E-state index in [1.807, 2.05) is 0 Å². The van der Waals surface area contributed by atoms with Crippen molar-refractivity contribution in [1.29, 1.82) is 0 Å². The molecule has 0 unspecified atom stereocenters. The summed E-state index contributed by atoms with van der Waals surface area (Å²) in [5, 5.41) is 3.68. The van der Waals surface area contributed by atoms with Crippen LogP contribution in [0.15, 0.2) is 24.3 Å². The van der Waals surface area contributed by atoms with Gasteiger partial charge in [-0.1, -0.05) is 18.0 Å². The summed E-state index contributed by atoms with van der Waals surface area (Å²) < 4.78 is 15.1. The minimum Gasteiger partial charge on any atom is -0.482 e. The highest BCUT2D eigenvalue weighted by Crippen LogP contribution is 2.37. The molecule has 1 aromatic carbocycles. The third-order valence-electron chi connectivity index (χ3n) is 4.60. The van der Waals surface area contributed by atoms with E-state index in [0.717, 1.165) is 42.5 Å². The summed E-state index contributed by atoms with van der Waals surface area (Å²) in [5.41, 5.74) is 1.36. The molecule has 0 spiro atoms. The summed E-state index contributed by atoms with van der Waals surface area (Å²) in [7, 11) is 1.32. The Balaban J connectivity index is 1.56. The number of carbonyl (C=O) groups is 3. The minimum atomic E-state index is -0.685. The molecule has 3 rings (SSSR count). The zero-order chi connectivity index (χ0) is 21.5. The molecule has 0 bridgehead atoms. The van der Waals surface area contributed by atoms with Crippen LogP contribution in [0.3, 0.4) is 0 Å². The number of benzene rings is 1. The number of hydrogen-bond acceptors (Lipinski definition) is 7. The third kappa shape index (κ3) is 5.73. The highest BCUT2D eigenvalue weighted by molar-refractivity contribution is 7.17. The van der Waals surface area contributed by atoms with E-state index in [0.29, 0.717) is 21.3 Å². The fraction of sp³-hybridized carbons (Fsp3) is 0.381. The van der Waals surface area contributed by atoms with E-state index >= 15 is 0 Å². The van der Waals surface area contributed by atoms with E-state index in [9.17, 15) is 14.4 Å². The molecule has 1 aliphatic carbocycles. The van der Waals surface area contributed by atoms with Crippen molar-refractivity contribution in [3.05, 3.63) is 45.3 Å². The van der Waals surface area contributed by atoms with Gasteiger partial charge in [-0.05, 0) is 55.5 Å². The molecule has 1 heterocycles. The number of carbonyl (C=O) groups excluding carboxylic acids is 3. The number of halogens is 1. The van der Waals surface area contributed by atoms with Crippen LogP contribution >= 0.6 is 22.9 Å². The predicted molar refractivity (Wildman–Crippen MR) is 113 cm³/mol. The van der Waals surface area contributed by atoms with Crippen LogP contribution in [0.5, 0.6) is 5.75 Å².